The summed E-state index contributed by atoms with van der Waals surface area (Å²) in [6.45, 7) is 7.15. The zero-order valence-corrected chi connectivity index (χ0v) is 24.1. The molecule has 226 valence electrons. The molecule has 2 unspecified atom stereocenters. The normalized spacial score (nSPS) is 17.9. The molecule has 2 aromatic rings. The summed E-state index contributed by atoms with van der Waals surface area (Å²) in [5.74, 6) is -5.18. The Kier molecular flexibility index (Phi) is 9.58. The second-order valence-corrected chi connectivity index (χ2v) is 10.7. The molecule has 1 amide bonds. The third kappa shape index (κ3) is 6.60. The molecule has 2 fully saturated rings. The van der Waals surface area contributed by atoms with Gasteiger partial charge in [0.15, 0.2) is 0 Å². The summed E-state index contributed by atoms with van der Waals surface area (Å²) >= 11 is 0. The number of hydrogen-bond acceptors (Lipinski definition) is 11. The molecule has 42 heavy (non-hydrogen) atoms. The number of nitro benzene ring substituents is 2. The van der Waals surface area contributed by atoms with Crippen LogP contribution in [0, 0.1) is 20.2 Å². The smallest absolute Gasteiger partial charge is 0.314 e. The molecule has 0 aliphatic carbocycles. The Balaban J connectivity index is 1.90. The summed E-state index contributed by atoms with van der Waals surface area (Å²) in [6.07, 6.45) is 0. The number of carbonyl (C=O) groups is 2. The van der Waals surface area contributed by atoms with Crippen LogP contribution >= 0.6 is 0 Å². The van der Waals surface area contributed by atoms with Crippen LogP contribution < -0.4 is 15.5 Å². The number of piperazine rings is 2. The largest absolute Gasteiger partial charge is 0.465 e. The maximum Gasteiger partial charge on any atom is 0.314 e. The number of ether oxygens (including phenoxy) is 1. The number of nitrogens with two attached hydrogens (primary N) is 1. The lowest BCUT2D eigenvalue weighted by Gasteiger charge is -2.35. The van der Waals surface area contributed by atoms with Crippen LogP contribution in [0.3, 0.4) is 0 Å². The highest BCUT2D eigenvalue weighted by Gasteiger charge is 2.43. The summed E-state index contributed by atoms with van der Waals surface area (Å²) in [7, 11) is 3.99. The van der Waals surface area contributed by atoms with E-state index >= 15 is 0 Å². The zero-order chi connectivity index (χ0) is 30.6. The summed E-state index contributed by atoms with van der Waals surface area (Å²) in [5, 5.41) is 24.4. The maximum atomic E-state index is 13.6. The van der Waals surface area contributed by atoms with Crippen LogP contribution in [0.1, 0.15) is 29.9 Å². The summed E-state index contributed by atoms with van der Waals surface area (Å²) in [4.78, 5) is 58.3. The van der Waals surface area contributed by atoms with Crippen molar-refractivity contribution < 1.29 is 24.2 Å². The van der Waals surface area contributed by atoms with Crippen molar-refractivity contribution in [3.8, 4) is 0 Å². The molecule has 14 nitrogen and oxygen atoms in total. The predicted octanol–water partition coefficient (Wildman–Crippen LogP) is 1.92. The number of carbonyl (C=O) groups excluding carboxylic acids is 2. The van der Waals surface area contributed by atoms with Crippen molar-refractivity contribution in [3.63, 3.8) is 0 Å². The van der Waals surface area contributed by atoms with Gasteiger partial charge < -0.3 is 30.1 Å². The highest BCUT2D eigenvalue weighted by Crippen LogP contribution is 2.44. The lowest BCUT2D eigenvalue weighted by atomic mass is 9.79. The Morgan fingerprint density at radius 2 is 1.19 bits per heavy atom. The quantitative estimate of drug-likeness (QED) is 0.246. The van der Waals surface area contributed by atoms with Crippen molar-refractivity contribution >= 4 is 34.6 Å². The van der Waals surface area contributed by atoms with Crippen molar-refractivity contribution in [1.29, 1.82) is 0 Å². The minimum absolute atomic E-state index is 0.0732. The van der Waals surface area contributed by atoms with Gasteiger partial charge in [0, 0.05) is 87.0 Å². The fourth-order valence-electron chi connectivity index (χ4n) is 5.61. The Bertz CT molecular complexity index is 1340. The molecular weight excluding hydrogens is 546 g/mol. The van der Waals surface area contributed by atoms with Gasteiger partial charge in [-0.15, -0.1) is 0 Å². The van der Waals surface area contributed by atoms with Crippen LogP contribution in [0.5, 0.6) is 0 Å². The molecule has 0 aromatic heterocycles. The highest BCUT2D eigenvalue weighted by molar-refractivity contribution is 5.94. The van der Waals surface area contributed by atoms with E-state index < -0.39 is 44.9 Å². The molecule has 2 aromatic carbocycles. The second-order valence-electron chi connectivity index (χ2n) is 10.7. The standard InChI is InChI=1S/C28H37N7O7/c1-4-42-28(37)26(22-18-20(6-8-24(22)35(40)41)33-15-11-31(3)12-16-33)25(27(29)36)21-17-19(5-7-23(21)34(38)39)32-13-9-30(2)10-14-32/h5-8,17-18,25-26H,4,9-16H2,1-3H3,(H2,29,36). The van der Waals surface area contributed by atoms with Crippen molar-refractivity contribution in [2.24, 2.45) is 5.73 Å². The highest BCUT2D eigenvalue weighted by atomic mass is 16.6. The molecule has 0 spiro atoms. The third-order valence-corrected chi connectivity index (χ3v) is 8.00. The molecule has 0 bridgehead atoms. The number of anilines is 2. The first kappa shape index (κ1) is 30.7. The van der Waals surface area contributed by atoms with E-state index in [1.54, 1.807) is 19.1 Å². The first-order valence-electron chi connectivity index (χ1n) is 13.9. The van der Waals surface area contributed by atoms with E-state index in [4.69, 9.17) is 10.5 Å². The van der Waals surface area contributed by atoms with E-state index in [-0.39, 0.29) is 17.7 Å². The molecule has 2 saturated heterocycles. The van der Waals surface area contributed by atoms with E-state index in [2.05, 4.69) is 9.80 Å². The molecule has 2 aliphatic rings. The molecular formula is C28H37N7O7. The van der Waals surface area contributed by atoms with Crippen LogP contribution in [-0.2, 0) is 14.3 Å². The van der Waals surface area contributed by atoms with Gasteiger partial charge in [0.1, 0.15) is 5.92 Å². The summed E-state index contributed by atoms with van der Waals surface area (Å²) in [6, 6.07) is 8.79. The average molecular weight is 584 g/mol. The number of primary amides is 1. The molecule has 2 aliphatic heterocycles. The van der Waals surface area contributed by atoms with Crippen molar-refractivity contribution in [3.05, 3.63) is 67.8 Å². The number of nitrogens with zero attached hydrogens (tertiary/aromatic N) is 6. The van der Waals surface area contributed by atoms with Gasteiger partial charge >= 0.3 is 5.97 Å². The first-order chi connectivity index (χ1) is 20.0. The van der Waals surface area contributed by atoms with Crippen LogP contribution in [0.15, 0.2) is 36.4 Å². The number of likely N-dealkylation sites (N-methyl/N-ethyl adjacent to an activating group) is 2. The predicted molar refractivity (Wildman–Crippen MR) is 157 cm³/mol. The summed E-state index contributed by atoms with van der Waals surface area (Å²) < 4.78 is 5.33. The molecule has 0 radical (unpaired) electrons. The number of hydrogen-bond donors (Lipinski definition) is 1. The average Bonchev–Trinajstić information content (AvgIpc) is 2.95. The van der Waals surface area contributed by atoms with Crippen molar-refractivity contribution in [2.75, 3.05) is 82.9 Å². The van der Waals surface area contributed by atoms with Crippen LogP contribution in [0.4, 0.5) is 22.7 Å². The van der Waals surface area contributed by atoms with E-state index in [0.717, 1.165) is 26.2 Å². The van der Waals surface area contributed by atoms with Gasteiger partial charge in [-0.25, -0.2) is 0 Å². The van der Waals surface area contributed by atoms with Gasteiger partial charge in [-0.3, -0.25) is 29.8 Å². The van der Waals surface area contributed by atoms with Gasteiger partial charge in [0.2, 0.25) is 5.91 Å². The lowest BCUT2D eigenvalue weighted by molar-refractivity contribution is -0.386. The fourth-order valence-corrected chi connectivity index (χ4v) is 5.61. The molecule has 0 saturated carbocycles. The van der Waals surface area contributed by atoms with E-state index in [1.807, 2.05) is 23.9 Å². The Morgan fingerprint density at radius 3 is 1.55 bits per heavy atom. The van der Waals surface area contributed by atoms with Crippen molar-refractivity contribution in [2.45, 2.75) is 18.8 Å². The van der Waals surface area contributed by atoms with Crippen LogP contribution in [0.25, 0.3) is 0 Å². The Labute approximate surface area is 243 Å². The van der Waals surface area contributed by atoms with Gasteiger partial charge in [-0.05, 0) is 45.3 Å². The van der Waals surface area contributed by atoms with Crippen LogP contribution in [0.2, 0.25) is 0 Å². The summed E-state index contributed by atoms with van der Waals surface area (Å²) in [5.41, 5.74) is 6.15. The van der Waals surface area contributed by atoms with Crippen LogP contribution in [-0.4, -0.2) is 105 Å². The minimum Gasteiger partial charge on any atom is -0.465 e. The second kappa shape index (κ2) is 13.1. The molecule has 2 atom stereocenters. The zero-order valence-electron chi connectivity index (χ0n) is 24.1. The molecule has 4 rings (SSSR count). The molecule has 2 heterocycles. The first-order valence-corrected chi connectivity index (χ1v) is 13.9. The number of esters is 1. The fraction of sp³-hybridized carbons (Fsp3) is 0.500. The Morgan fingerprint density at radius 1 is 0.786 bits per heavy atom. The molecule has 2 N–H and O–H groups in total. The SMILES string of the molecule is CCOC(=O)C(c1cc(N2CCN(C)CC2)ccc1[N+](=O)[O-])C(C(N)=O)c1cc(N2CCN(C)CC2)ccc1[N+](=O)[O-]. The van der Waals surface area contributed by atoms with E-state index in [0.29, 0.717) is 37.6 Å². The lowest BCUT2D eigenvalue weighted by Crippen LogP contribution is -2.44. The number of rotatable bonds is 10. The van der Waals surface area contributed by atoms with E-state index in [9.17, 15) is 29.8 Å². The Hall–Kier alpha value is -4.30. The molecule has 14 heteroatoms. The van der Waals surface area contributed by atoms with E-state index in [1.165, 1.54) is 24.3 Å². The number of nitro groups is 2. The number of amides is 1. The van der Waals surface area contributed by atoms with Gasteiger partial charge in [0.25, 0.3) is 11.4 Å². The maximum absolute atomic E-state index is 13.6. The third-order valence-electron chi connectivity index (χ3n) is 8.00. The topological polar surface area (TPSA) is 169 Å². The number of benzene rings is 2. The monoisotopic (exact) mass is 583 g/mol. The van der Waals surface area contributed by atoms with Crippen molar-refractivity contribution in [1.82, 2.24) is 9.80 Å². The van der Waals surface area contributed by atoms with Gasteiger partial charge in [0.05, 0.1) is 22.4 Å². The van der Waals surface area contributed by atoms with Gasteiger partial charge in [-0.2, -0.15) is 0 Å². The minimum atomic E-state index is -1.61. The van der Waals surface area contributed by atoms with Gasteiger partial charge in [-0.1, -0.05) is 0 Å².